The molecule has 19 heavy (non-hydrogen) atoms. The van der Waals surface area contributed by atoms with Crippen LogP contribution in [0.3, 0.4) is 0 Å². The molecule has 0 bridgehead atoms. The van der Waals surface area contributed by atoms with Gasteiger partial charge in [0.05, 0.1) is 12.2 Å². The van der Waals surface area contributed by atoms with Gasteiger partial charge in [-0.15, -0.1) is 0 Å². The third-order valence-corrected chi connectivity index (χ3v) is 3.03. The molecule has 0 N–H and O–H groups in total. The van der Waals surface area contributed by atoms with Crippen LogP contribution in [0.25, 0.3) is 0 Å². The van der Waals surface area contributed by atoms with Crippen LogP contribution in [0.2, 0.25) is 0 Å². The van der Waals surface area contributed by atoms with Gasteiger partial charge in [-0.25, -0.2) is 0 Å². The maximum Gasteiger partial charge on any atom is 0.139 e. The molecule has 96 valence electrons. The highest BCUT2D eigenvalue weighted by molar-refractivity contribution is 5.47. The Morgan fingerprint density at radius 1 is 1.05 bits per heavy atom. The molecule has 0 aliphatic heterocycles. The lowest BCUT2D eigenvalue weighted by atomic mass is 10.1. The molecule has 0 unspecified atom stereocenters. The van der Waals surface area contributed by atoms with Crippen LogP contribution in [-0.4, -0.2) is 6.61 Å². The van der Waals surface area contributed by atoms with Crippen molar-refractivity contribution in [1.82, 2.24) is 0 Å². The second kappa shape index (κ2) is 6.61. The van der Waals surface area contributed by atoms with Gasteiger partial charge in [0.15, 0.2) is 0 Å². The van der Waals surface area contributed by atoms with E-state index in [1.807, 2.05) is 37.3 Å². The average Bonchev–Trinajstić information content (AvgIpc) is 2.46. The van der Waals surface area contributed by atoms with Crippen LogP contribution in [0.4, 0.5) is 0 Å². The average molecular weight is 251 g/mol. The van der Waals surface area contributed by atoms with Gasteiger partial charge in [-0.3, -0.25) is 0 Å². The van der Waals surface area contributed by atoms with E-state index in [-0.39, 0.29) is 0 Å². The first-order valence-corrected chi connectivity index (χ1v) is 6.47. The summed E-state index contributed by atoms with van der Waals surface area (Å²) < 4.78 is 5.76. The zero-order valence-electron chi connectivity index (χ0n) is 11.1. The fourth-order valence-corrected chi connectivity index (χ4v) is 2.03. The van der Waals surface area contributed by atoms with Crippen molar-refractivity contribution in [3.63, 3.8) is 0 Å². The molecular formula is C17H17NO. The second-order valence-electron chi connectivity index (χ2n) is 4.50. The first-order chi connectivity index (χ1) is 9.31. The molecule has 0 aliphatic rings. The minimum atomic E-state index is 0.611. The lowest BCUT2D eigenvalue weighted by Gasteiger charge is -2.10. The fourth-order valence-electron chi connectivity index (χ4n) is 2.03. The Morgan fingerprint density at radius 3 is 2.58 bits per heavy atom. The summed E-state index contributed by atoms with van der Waals surface area (Å²) in [5.41, 5.74) is 2.94. The molecule has 0 aliphatic carbocycles. The maximum absolute atomic E-state index is 9.05. The first-order valence-electron chi connectivity index (χ1n) is 6.47. The van der Waals surface area contributed by atoms with E-state index in [9.17, 15) is 0 Å². The van der Waals surface area contributed by atoms with Crippen molar-refractivity contribution in [2.45, 2.75) is 19.8 Å². The van der Waals surface area contributed by atoms with E-state index in [1.165, 1.54) is 5.56 Å². The van der Waals surface area contributed by atoms with Crippen molar-refractivity contribution < 1.29 is 4.74 Å². The minimum absolute atomic E-state index is 0.611. The molecule has 2 rings (SSSR count). The molecule has 0 atom stereocenters. The lowest BCUT2D eigenvalue weighted by Crippen LogP contribution is -2.02. The summed E-state index contributed by atoms with van der Waals surface area (Å²) in [4.78, 5) is 0. The number of ether oxygens (including phenoxy) is 1. The predicted molar refractivity (Wildman–Crippen MR) is 76.2 cm³/mol. The number of para-hydroxylation sites is 1. The van der Waals surface area contributed by atoms with Crippen molar-refractivity contribution in [1.29, 1.82) is 5.26 Å². The molecule has 2 nitrogen and oxygen atoms in total. The molecule has 0 saturated heterocycles. The largest absolute Gasteiger partial charge is 0.492 e. The highest BCUT2D eigenvalue weighted by atomic mass is 16.5. The normalized spacial score (nSPS) is 9.89. The van der Waals surface area contributed by atoms with Crippen LogP contribution in [0, 0.1) is 18.3 Å². The highest BCUT2D eigenvalue weighted by Crippen LogP contribution is 2.22. The Bertz CT molecular complexity index is 570. The third kappa shape index (κ3) is 3.59. The van der Waals surface area contributed by atoms with Crippen molar-refractivity contribution >= 4 is 0 Å². The van der Waals surface area contributed by atoms with E-state index in [2.05, 4.69) is 18.2 Å². The highest BCUT2D eigenvalue weighted by Gasteiger charge is 2.05. The van der Waals surface area contributed by atoms with Crippen LogP contribution in [-0.2, 0) is 6.42 Å². The Balaban J connectivity index is 1.88. The molecule has 0 aromatic heterocycles. The van der Waals surface area contributed by atoms with Gasteiger partial charge in [0.25, 0.3) is 0 Å². The first kappa shape index (κ1) is 13.2. The topological polar surface area (TPSA) is 33.0 Å². The molecule has 2 aromatic rings. The lowest BCUT2D eigenvalue weighted by molar-refractivity contribution is 0.308. The van der Waals surface area contributed by atoms with Crippen LogP contribution in [0.5, 0.6) is 5.75 Å². The van der Waals surface area contributed by atoms with E-state index < -0.39 is 0 Å². The van der Waals surface area contributed by atoms with E-state index in [4.69, 9.17) is 10.00 Å². The number of nitrogens with zero attached hydrogens (tertiary/aromatic N) is 1. The number of rotatable bonds is 5. The summed E-state index contributed by atoms with van der Waals surface area (Å²) in [6.45, 7) is 2.60. The summed E-state index contributed by atoms with van der Waals surface area (Å²) in [6.07, 6.45) is 1.94. The van der Waals surface area contributed by atoms with Crippen molar-refractivity contribution in [3.8, 4) is 11.8 Å². The zero-order chi connectivity index (χ0) is 13.5. The summed E-state index contributed by atoms with van der Waals surface area (Å²) in [5, 5.41) is 9.05. The molecule has 0 fully saturated rings. The summed E-state index contributed by atoms with van der Waals surface area (Å²) in [5.74, 6) is 0.720. The third-order valence-electron chi connectivity index (χ3n) is 3.03. The van der Waals surface area contributed by atoms with Crippen molar-refractivity contribution in [3.05, 3.63) is 65.2 Å². The van der Waals surface area contributed by atoms with Crippen LogP contribution in [0.1, 0.15) is 23.1 Å². The second-order valence-corrected chi connectivity index (χ2v) is 4.50. The van der Waals surface area contributed by atoms with E-state index in [1.54, 1.807) is 6.07 Å². The predicted octanol–water partition coefficient (Wildman–Crippen LogP) is 3.88. The summed E-state index contributed by atoms with van der Waals surface area (Å²) in [6, 6.07) is 18.2. The van der Waals surface area contributed by atoms with Crippen LogP contribution in [0.15, 0.2) is 48.5 Å². The number of benzene rings is 2. The summed E-state index contributed by atoms with van der Waals surface area (Å²) >= 11 is 0. The zero-order valence-corrected chi connectivity index (χ0v) is 11.1. The van der Waals surface area contributed by atoms with Crippen LogP contribution < -0.4 is 4.74 Å². The number of hydrogen-bond acceptors (Lipinski definition) is 2. The van der Waals surface area contributed by atoms with Gasteiger partial charge in [0.1, 0.15) is 11.8 Å². The van der Waals surface area contributed by atoms with Gasteiger partial charge in [0, 0.05) is 0 Å². The maximum atomic E-state index is 9.05. The van der Waals surface area contributed by atoms with Crippen molar-refractivity contribution in [2.75, 3.05) is 6.61 Å². The smallest absolute Gasteiger partial charge is 0.139 e. The van der Waals surface area contributed by atoms with Gasteiger partial charge >= 0.3 is 0 Å². The van der Waals surface area contributed by atoms with Gasteiger partial charge in [0.2, 0.25) is 0 Å². The Morgan fingerprint density at radius 2 is 1.84 bits per heavy atom. The molecule has 0 amide bonds. The number of aryl methyl sites for hydroxylation is 2. The molecule has 0 saturated carbocycles. The molecule has 0 radical (unpaired) electrons. The van der Waals surface area contributed by atoms with Gasteiger partial charge in [-0.1, -0.05) is 42.5 Å². The fraction of sp³-hybridized carbons (Fsp3) is 0.235. The molecule has 2 aromatic carbocycles. The molecule has 0 heterocycles. The Kier molecular flexibility index (Phi) is 4.58. The molecule has 2 heteroatoms. The van der Waals surface area contributed by atoms with Crippen LogP contribution >= 0.6 is 0 Å². The van der Waals surface area contributed by atoms with Gasteiger partial charge in [-0.2, -0.15) is 5.26 Å². The molecule has 0 spiro atoms. The van der Waals surface area contributed by atoms with Gasteiger partial charge in [-0.05, 0) is 37.0 Å². The SMILES string of the molecule is Cc1cccc(C#N)c1OCCCc1ccccc1. The minimum Gasteiger partial charge on any atom is -0.492 e. The quantitative estimate of drug-likeness (QED) is 0.755. The Hall–Kier alpha value is -2.27. The van der Waals surface area contributed by atoms with E-state index >= 15 is 0 Å². The Labute approximate surface area is 114 Å². The number of nitriles is 1. The summed E-state index contributed by atoms with van der Waals surface area (Å²) in [7, 11) is 0. The van der Waals surface area contributed by atoms with E-state index in [0.717, 1.165) is 24.2 Å². The van der Waals surface area contributed by atoms with E-state index in [0.29, 0.717) is 12.2 Å². The monoisotopic (exact) mass is 251 g/mol. The number of hydrogen-bond donors (Lipinski definition) is 0. The standard InChI is InChI=1S/C17H17NO/c1-14-7-5-11-16(13-18)17(14)19-12-6-10-15-8-3-2-4-9-15/h2-5,7-9,11H,6,10,12H2,1H3. The van der Waals surface area contributed by atoms with Gasteiger partial charge < -0.3 is 4.74 Å². The van der Waals surface area contributed by atoms with Crippen molar-refractivity contribution in [2.24, 2.45) is 0 Å². The molecular weight excluding hydrogens is 234 g/mol.